The Balaban J connectivity index is 1.93. The molecule has 1 fully saturated rings. The van der Waals surface area contributed by atoms with Crippen molar-refractivity contribution in [2.75, 3.05) is 18.6 Å². The number of nitrogens with one attached hydrogen (secondary N) is 1. The number of aromatic nitrogens is 3. The minimum Gasteiger partial charge on any atom is -0.387 e. The van der Waals surface area contributed by atoms with Gasteiger partial charge < -0.3 is 34.8 Å². The van der Waals surface area contributed by atoms with E-state index in [9.17, 15) is 28.2 Å². The summed E-state index contributed by atoms with van der Waals surface area (Å²) in [5.41, 5.74) is 6.19. The molecule has 0 aliphatic carbocycles. The number of hydrogen-bond donors (Lipinski definition) is 4. The maximum atomic E-state index is 12.5. The predicted molar refractivity (Wildman–Crippen MR) is 95.2 cm³/mol. The number of aliphatic hydroxyl groups excluding tert-OH is 2. The van der Waals surface area contributed by atoms with Gasteiger partial charge in [-0.05, 0) is 12.0 Å². The van der Waals surface area contributed by atoms with Crippen molar-refractivity contribution < 1.29 is 37.1 Å². The molecule has 2 aromatic heterocycles. The Morgan fingerprint density at radius 3 is 2.79 bits per heavy atom. The van der Waals surface area contributed by atoms with E-state index >= 15 is 0 Å². The SMILES string of the molecule is CSOC[C@H]1O[C@@H](n2cc(CNC(=O)C(F)(F)F)c3c(N)ncnc32)C(O)C1O. The summed E-state index contributed by atoms with van der Waals surface area (Å²) in [4.78, 5) is 19.0. The summed E-state index contributed by atoms with van der Waals surface area (Å²) in [7, 11) is 0. The number of anilines is 1. The van der Waals surface area contributed by atoms with Crippen LogP contribution >= 0.6 is 12.0 Å². The zero-order valence-electron chi connectivity index (χ0n) is 15.0. The molecule has 3 heterocycles. The molecule has 1 amide bonds. The fourth-order valence-electron chi connectivity index (χ4n) is 3.02. The molecule has 4 atom stereocenters. The molecule has 0 radical (unpaired) electrons. The summed E-state index contributed by atoms with van der Waals surface area (Å²) in [6, 6.07) is 0. The lowest BCUT2D eigenvalue weighted by molar-refractivity contribution is -0.173. The van der Waals surface area contributed by atoms with Gasteiger partial charge in [-0.25, -0.2) is 9.97 Å². The van der Waals surface area contributed by atoms with Gasteiger partial charge in [-0.3, -0.25) is 4.79 Å². The highest BCUT2D eigenvalue weighted by Gasteiger charge is 2.44. The first-order chi connectivity index (χ1) is 13.6. The number of nitrogens with two attached hydrogens (primary N) is 1. The first kappa shape index (κ1) is 21.6. The van der Waals surface area contributed by atoms with Crippen LogP contribution in [0.15, 0.2) is 12.5 Å². The van der Waals surface area contributed by atoms with E-state index in [1.165, 1.54) is 10.8 Å². The van der Waals surface area contributed by atoms with Crippen LogP contribution in [0.4, 0.5) is 19.0 Å². The Bertz CT molecular complexity index is 895. The fourth-order valence-corrected chi connectivity index (χ4v) is 3.29. The second-order valence-electron chi connectivity index (χ2n) is 6.20. The van der Waals surface area contributed by atoms with E-state index < -0.39 is 43.2 Å². The van der Waals surface area contributed by atoms with Gasteiger partial charge in [0.2, 0.25) is 0 Å². The zero-order chi connectivity index (χ0) is 21.3. The third kappa shape index (κ3) is 4.25. The van der Waals surface area contributed by atoms with Gasteiger partial charge in [-0.15, -0.1) is 0 Å². The van der Waals surface area contributed by atoms with Crippen molar-refractivity contribution in [2.45, 2.75) is 37.3 Å². The molecule has 29 heavy (non-hydrogen) atoms. The van der Waals surface area contributed by atoms with Crippen molar-refractivity contribution in [1.82, 2.24) is 19.9 Å². The lowest BCUT2D eigenvalue weighted by atomic mass is 10.1. The molecule has 0 saturated carbocycles. The van der Waals surface area contributed by atoms with E-state index in [1.54, 1.807) is 11.6 Å². The number of carbonyl (C=O) groups is 1. The van der Waals surface area contributed by atoms with Crippen LogP contribution in [-0.4, -0.2) is 68.0 Å². The maximum Gasteiger partial charge on any atom is 0.471 e. The number of aliphatic hydroxyl groups is 2. The Morgan fingerprint density at radius 2 is 2.14 bits per heavy atom. The number of amides is 1. The van der Waals surface area contributed by atoms with Crippen LogP contribution in [0.3, 0.4) is 0 Å². The average Bonchev–Trinajstić information content (AvgIpc) is 3.16. The number of nitrogens with zero attached hydrogens (tertiary/aromatic N) is 3. The Kier molecular flexibility index (Phi) is 6.19. The van der Waals surface area contributed by atoms with Crippen LogP contribution in [0, 0.1) is 0 Å². The van der Waals surface area contributed by atoms with E-state index in [0.717, 1.165) is 18.4 Å². The number of alkyl halides is 3. The topological polar surface area (TPSA) is 145 Å². The monoisotopic (exact) mass is 437 g/mol. The second kappa shape index (κ2) is 8.31. The molecule has 0 spiro atoms. The lowest BCUT2D eigenvalue weighted by Crippen LogP contribution is -2.36. The summed E-state index contributed by atoms with van der Waals surface area (Å²) in [6.07, 6.45) is -5.47. The van der Waals surface area contributed by atoms with Gasteiger partial charge >= 0.3 is 12.1 Å². The van der Waals surface area contributed by atoms with E-state index in [4.69, 9.17) is 14.7 Å². The first-order valence-electron chi connectivity index (χ1n) is 8.27. The van der Waals surface area contributed by atoms with Crippen LogP contribution < -0.4 is 11.1 Å². The number of halogens is 3. The van der Waals surface area contributed by atoms with Crippen molar-refractivity contribution in [1.29, 1.82) is 0 Å². The quantitative estimate of drug-likeness (QED) is 0.463. The molecule has 2 aromatic rings. The van der Waals surface area contributed by atoms with Gasteiger partial charge in [0.05, 0.1) is 12.0 Å². The predicted octanol–water partition coefficient (Wildman–Crippen LogP) is 0.106. The van der Waals surface area contributed by atoms with Gasteiger partial charge in [-0.1, -0.05) is 0 Å². The average molecular weight is 437 g/mol. The van der Waals surface area contributed by atoms with E-state index in [2.05, 4.69) is 9.97 Å². The molecule has 1 aliphatic rings. The number of carbonyl (C=O) groups excluding carboxylic acids is 1. The summed E-state index contributed by atoms with van der Waals surface area (Å²) in [6.45, 7) is -0.509. The van der Waals surface area contributed by atoms with E-state index in [-0.39, 0.29) is 29.0 Å². The summed E-state index contributed by atoms with van der Waals surface area (Å²) < 4.78 is 49.6. The first-order valence-corrected chi connectivity index (χ1v) is 9.42. The summed E-state index contributed by atoms with van der Waals surface area (Å²) in [5.74, 6) is -2.14. The molecule has 10 nitrogen and oxygen atoms in total. The Hall–Kier alpha value is -2.13. The van der Waals surface area contributed by atoms with Crippen LogP contribution in [0.2, 0.25) is 0 Å². The third-order valence-corrected chi connectivity index (χ3v) is 4.75. The normalized spacial score (nSPS) is 24.9. The number of nitrogen functional groups attached to an aromatic ring is 1. The van der Waals surface area contributed by atoms with Crippen LogP contribution in [0.5, 0.6) is 0 Å². The molecule has 0 bridgehead atoms. The van der Waals surface area contributed by atoms with Crippen molar-refractivity contribution in [3.05, 3.63) is 18.1 Å². The fraction of sp³-hybridized carbons (Fsp3) is 0.533. The number of ether oxygens (including phenoxy) is 1. The van der Waals surface area contributed by atoms with E-state index in [0.29, 0.717) is 0 Å². The number of fused-ring (bicyclic) bond motifs is 1. The molecular formula is C15H18F3N5O5S. The van der Waals surface area contributed by atoms with Crippen molar-refractivity contribution >= 4 is 34.8 Å². The second-order valence-corrected chi connectivity index (χ2v) is 6.77. The van der Waals surface area contributed by atoms with Crippen molar-refractivity contribution in [3.8, 4) is 0 Å². The summed E-state index contributed by atoms with van der Waals surface area (Å²) >= 11 is 1.06. The Morgan fingerprint density at radius 1 is 1.41 bits per heavy atom. The van der Waals surface area contributed by atoms with Gasteiger partial charge in [0, 0.05) is 24.6 Å². The molecule has 3 rings (SSSR count). The highest BCUT2D eigenvalue weighted by Crippen LogP contribution is 2.35. The molecule has 2 unspecified atom stereocenters. The Labute approximate surface area is 166 Å². The van der Waals surface area contributed by atoms with E-state index in [1.807, 2.05) is 0 Å². The largest absolute Gasteiger partial charge is 0.471 e. The van der Waals surface area contributed by atoms with Gasteiger partial charge in [0.25, 0.3) is 0 Å². The molecule has 0 aromatic carbocycles. The van der Waals surface area contributed by atoms with Crippen LogP contribution in [0.1, 0.15) is 11.8 Å². The summed E-state index contributed by atoms with van der Waals surface area (Å²) in [5, 5.41) is 22.5. The molecule has 160 valence electrons. The van der Waals surface area contributed by atoms with Gasteiger partial charge in [-0.2, -0.15) is 13.2 Å². The molecule has 1 saturated heterocycles. The molecule has 5 N–H and O–H groups in total. The highest BCUT2D eigenvalue weighted by atomic mass is 32.2. The third-order valence-electron chi connectivity index (χ3n) is 4.38. The molecular weight excluding hydrogens is 419 g/mol. The van der Waals surface area contributed by atoms with Crippen molar-refractivity contribution in [2.24, 2.45) is 0 Å². The molecule has 14 heteroatoms. The van der Waals surface area contributed by atoms with Crippen molar-refractivity contribution in [3.63, 3.8) is 0 Å². The highest BCUT2D eigenvalue weighted by molar-refractivity contribution is 7.93. The minimum atomic E-state index is -5.04. The lowest BCUT2D eigenvalue weighted by Gasteiger charge is -2.17. The standard InChI is InChI=1S/C15H18F3N5O5S/c1-29-27-4-7-9(24)10(25)13(28-7)23-3-6(2-20-14(26)15(16,17)18)8-11(19)21-5-22-12(8)23/h3,5,7,9-10,13,24-25H,2,4H2,1H3,(H,20,26)(H2,19,21,22)/t7-,9?,10?,13-/m1/s1. The number of rotatable bonds is 6. The number of hydrogen-bond acceptors (Lipinski definition) is 9. The maximum absolute atomic E-state index is 12.5. The minimum absolute atomic E-state index is 0.000709. The molecule has 1 aliphatic heterocycles. The van der Waals surface area contributed by atoms with Crippen LogP contribution in [-0.2, 0) is 20.3 Å². The van der Waals surface area contributed by atoms with Crippen LogP contribution in [0.25, 0.3) is 11.0 Å². The zero-order valence-corrected chi connectivity index (χ0v) is 15.8. The van der Waals surface area contributed by atoms with Gasteiger partial charge in [0.1, 0.15) is 36.1 Å². The smallest absolute Gasteiger partial charge is 0.387 e. The van der Waals surface area contributed by atoms with Gasteiger partial charge in [0.15, 0.2) is 6.23 Å².